The molecule has 1 aliphatic rings. The fourth-order valence-electron chi connectivity index (χ4n) is 4.42. The summed E-state index contributed by atoms with van der Waals surface area (Å²) in [4.78, 5) is 33.1. The number of rotatable bonds is 5. The van der Waals surface area contributed by atoms with Crippen LogP contribution in [0.15, 0.2) is 60.3 Å². The SMILES string of the molecule is C=CC(=O)NCC#Cc1c(N)ncnc1-c1cc(F)cc(-n2ccc3cc(C4CC4)cc(F)c3c2=O)c1C. The molecule has 1 fully saturated rings. The molecule has 2 heterocycles. The molecule has 3 N–H and O–H groups in total. The minimum absolute atomic E-state index is 0.0204. The Labute approximate surface area is 217 Å². The second kappa shape index (κ2) is 9.90. The average molecular weight is 512 g/mol. The second-order valence-corrected chi connectivity index (χ2v) is 9.04. The summed E-state index contributed by atoms with van der Waals surface area (Å²) in [7, 11) is 0. The number of carbonyl (C=O) groups is 1. The maximum absolute atomic E-state index is 15.1. The molecule has 9 heteroatoms. The van der Waals surface area contributed by atoms with E-state index >= 15 is 4.39 Å². The number of hydrogen-bond donors (Lipinski definition) is 2. The number of nitrogen functional groups attached to an aromatic ring is 1. The molecule has 4 aromatic rings. The van der Waals surface area contributed by atoms with Gasteiger partial charge in [0, 0.05) is 11.8 Å². The van der Waals surface area contributed by atoms with Gasteiger partial charge in [-0.25, -0.2) is 18.7 Å². The number of fused-ring (bicyclic) bond motifs is 1. The molecule has 0 atom stereocenters. The van der Waals surface area contributed by atoms with Crippen molar-refractivity contribution in [3.05, 3.63) is 94.2 Å². The highest BCUT2D eigenvalue weighted by atomic mass is 19.1. The lowest BCUT2D eigenvalue weighted by Crippen LogP contribution is -2.20. The van der Waals surface area contributed by atoms with E-state index < -0.39 is 17.2 Å². The molecule has 0 bridgehead atoms. The van der Waals surface area contributed by atoms with Crippen LogP contribution in [0, 0.1) is 30.4 Å². The van der Waals surface area contributed by atoms with Gasteiger partial charge in [-0.05, 0) is 72.5 Å². The van der Waals surface area contributed by atoms with Gasteiger partial charge < -0.3 is 11.1 Å². The van der Waals surface area contributed by atoms with Gasteiger partial charge in [-0.2, -0.15) is 0 Å². The van der Waals surface area contributed by atoms with Crippen molar-refractivity contribution in [3.63, 3.8) is 0 Å². The number of hydrogen-bond acceptors (Lipinski definition) is 5. The predicted octanol–water partition coefficient (Wildman–Crippen LogP) is 4.15. The van der Waals surface area contributed by atoms with Gasteiger partial charge in [0.25, 0.3) is 5.56 Å². The number of anilines is 1. The summed E-state index contributed by atoms with van der Waals surface area (Å²) < 4.78 is 31.3. The maximum Gasteiger partial charge on any atom is 0.265 e. The van der Waals surface area contributed by atoms with Crippen molar-refractivity contribution in [2.24, 2.45) is 0 Å². The van der Waals surface area contributed by atoms with Gasteiger partial charge in [0.1, 0.15) is 23.8 Å². The highest BCUT2D eigenvalue weighted by molar-refractivity contribution is 5.87. The Kier molecular flexibility index (Phi) is 6.47. The van der Waals surface area contributed by atoms with E-state index in [9.17, 15) is 14.0 Å². The summed E-state index contributed by atoms with van der Waals surface area (Å²) in [5.41, 5.74) is 7.91. The van der Waals surface area contributed by atoms with E-state index in [1.165, 1.54) is 35.3 Å². The molecule has 0 spiro atoms. The molecule has 0 radical (unpaired) electrons. The number of nitrogens with one attached hydrogen (secondary N) is 1. The van der Waals surface area contributed by atoms with Crippen LogP contribution < -0.4 is 16.6 Å². The summed E-state index contributed by atoms with van der Waals surface area (Å²) >= 11 is 0. The third-order valence-corrected chi connectivity index (χ3v) is 6.51. The number of nitrogens with zero attached hydrogens (tertiary/aromatic N) is 3. The normalized spacial score (nSPS) is 12.6. The zero-order valence-corrected chi connectivity index (χ0v) is 20.5. The van der Waals surface area contributed by atoms with E-state index in [2.05, 4.69) is 33.7 Å². The maximum atomic E-state index is 15.1. The summed E-state index contributed by atoms with van der Waals surface area (Å²) in [6.07, 6.45) is 5.89. The Hall–Kier alpha value is -4.84. The van der Waals surface area contributed by atoms with Crippen LogP contribution in [0.25, 0.3) is 27.7 Å². The molecule has 190 valence electrons. The van der Waals surface area contributed by atoms with Gasteiger partial charge in [0.15, 0.2) is 0 Å². The summed E-state index contributed by atoms with van der Waals surface area (Å²) in [6.45, 7) is 5.10. The standard InChI is InChI=1S/C29H23F2N5O2/c1-3-25(37)33-9-4-5-21-27(34-15-35-28(21)32)22-13-20(30)14-24(16(22)2)36-10-8-18-11-19(17-6-7-17)12-23(31)26(18)29(36)38/h3,8,10-15,17H,1,6-7,9H2,2H3,(H,33,37)(H2,32,34,35). The highest BCUT2D eigenvalue weighted by Gasteiger charge is 2.25. The lowest BCUT2D eigenvalue weighted by molar-refractivity contribution is -0.116. The smallest absolute Gasteiger partial charge is 0.265 e. The fraction of sp³-hybridized carbons (Fsp3) is 0.172. The largest absolute Gasteiger partial charge is 0.383 e. The lowest BCUT2D eigenvalue weighted by Gasteiger charge is -2.16. The summed E-state index contributed by atoms with van der Waals surface area (Å²) in [5, 5.41) is 2.98. The van der Waals surface area contributed by atoms with Gasteiger partial charge >= 0.3 is 0 Å². The number of amides is 1. The first-order valence-corrected chi connectivity index (χ1v) is 11.9. The Morgan fingerprint density at radius 3 is 2.79 bits per heavy atom. The molecule has 7 nitrogen and oxygen atoms in total. The van der Waals surface area contributed by atoms with Gasteiger partial charge in [0.2, 0.25) is 5.91 Å². The molecule has 1 aliphatic carbocycles. The first-order valence-electron chi connectivity index (χ1n) is 11.9. The van der Waals surface area contributed by atoms with Crippen LogP contribution in [-0.4, -0.2) is 27.0 Å². The molecule has 1 saturated carbocycles. The molecule has 0 aliphatic heterocycles. The van der Waals surface area contributed by atoms with E-state index in [4.69, 9.17) is 5.73 Å². The minimum Gasteiger partial charge on any atom is -0.383 e. The third kappa shape index (κ3) is 4.64. The van der Waals surface area contributed by atoms with Crippen molar-refractivity contribution >= 4 is 22.5 Å². The molecule has 5 rings (SSSR count). The summed E-state index contributed by atoms with van der Waals surface area (Å²) in [6, 6.07) is 7.40. The van der Waals surface area contributed by atoms with Crippen LogP contribution in [0.1, 0.15) is 35.4 Å². The minimum atomic E-state index is -0.633. The van der Waals surface area contributed by atoms with Crippen LogP contribution in [0.2, 0.25) is 0 Å². The van der Waals surface area contributed by atoms with Crippen molar-refractivity contribution in [1.29, 1.82) is 0 Å². The zero-order valence-electron chi connectivity index (χ0n) is 20.5. The van der Waals surface area contributed by atoms with Gasteiger partial charge in [0.05, 0.1) is 28.9 Å². The van der Waals surface area contributed by atoms with Gasteiger partial charge in [-0.15, -0.1) is 0 Å². The molecule has 0 unspecified atom stereocenters. The number of aromatic nitrogens is 3. The number of halogens is 2. The van der Waals surface area contributed by atoms with E-state index in [0.717, 1.165) is 24.5 Å². The van der Waals surface area contributed by atoms with Crippen molar-refractivity contribution in [2.45, 2.75) is 25.7 Å². The number of carbonyl (C=O) groups excluding carboxylic acids is 1. The van der Waals surface area contributed by atoms with Crippen LogP contribution >= 0.6 is 0 Å². The molecule has 38 heavy (non-hydrogen) atoms. The highest BCUT2D eigenvalue weighted by Crippen LogP contribution is 2.41. The van der Waals surface area contributed by atoms with Crippen molar-refractivity contribution in [3.8, 4) is 28.8 Å². The van der Waals surface area contributed by atoms with Crippen molar-refractivity contribution in [2.75, 3.05) is 12.3 Å². The Bertz CT molecular complexity index is 1750. The van der Waals surface area contributed by atoms with Gasteiger partial charge in [-0.3, -0.25) is 14.2 Å². The van der Waals surface area contributed by atoms with E-state index in [1.54, 1.807) is 13.0 Å². The van der Waals surface area contributed by atoms with Crippen LogP contribution in [-0.2, 0) is 4.79 Å². The van der Waals surface area contributed by atoms with Crippen LogP contribution in [0.5, 0.6) is 0 Å². The summed E-state index contributed by atoms with van der Waals surface area (Å²) in [5.74, 6) is 4.40. The second-order valence-electron chi connectivity index (χ2n) is 9.04. The Morgan fingerprint density at radius 1 is 1.26 bits per heavy atom. The molecular weight excluding hydrogens is 488 g/mol. The molecule has 2 aromatic heterocycles. The molecule has 2 aromatic carbocycles. The Morgan fingerprint density at radius 2 is 2.05 bits per heavy atom. The van der Waals surface area contributed by atoms with Crippen molar-refractivity contribution in [1.82, 2.24) is 19.9 Å². The average Bonchev–Trinajstić information content (AvgIpc) is 3.74. The van der Waals surface area contributed by atoms with Crippen molar-refractivity contribution < 1.29 is 13.6 Å². The number of nitrogens with two attached hydrogens (primary N) is 1. The predicted molar refractivity (Wildman–Crippen MR) is 142 cm³/mol. The number of benzene rings is 2. The van der Waals surface area contributed by atoms with Crippen LogP contribution in [0.4, 0.5) is 14.6 Å². The monoisotopic (exact) mass is 511 g/mol. The van der Waals surface area contributed by atoms with E-state index in [-0.39, 0.29) is 40.6 Å². The van der Waals surface area contributed by atoms with E-state index in [1.807, 2.05) is 6.07 Å². The molecule has 0 saturated heterocycles. The van der Waals surface area contributed by atoms with Crippen LogP contribution in [0.3, 0.4) is 0 Å². The van der Waals surface area contributed by atoms with E-state index in [0.29, 0.717) is 22.4 Å². The molecular formula is C29H23F2N5O2. The lowest BCUT2D eigenvalue weighted by atomic mass is 9.99. The fourth-order valence-corrected chi connectivity index (χ4v) is 4.42. The Balaban J connectivity index is 1.63. The zero-order chi connectivity index (χ0) is 27.0. The first-order chi connectivity index (χ1) is 18.3. The third-order valence-electron chi connectivity index (χ3n) is 6.51. The quantitative estimate of drug-likeness (QED) is 0.310. The van der Waals surface area contributed by atoms with Gasteiger partial charge in [-0.1, -0.05) is 24.5 Å². The topological polar surface area (TPSA) is 103 Å². The number of pyridine rings is 1. The first kappa shape index (κ1) is 24.8. The molecule has 1 amide bonds.